The Hall–Kier alpha value is -6.85. The van der Waals surface area contributed by atoms with Gasteiger partial charge in [-0.05, 0) is 48.0 Å². The third kappa shape index (κ3) is 4.37. The van der Waals surface area contributed by atoms with Crippen molar-refractivity contribution in [2.45, 2.75) is 0 Å². The van der Waals surface area contributed by atoms with Crippen molar-refractivity contribution in [3.05, 3.63) is 176 Å². The van der Waals surface area contributed by atoms with E-state index in [1.54, 1.807) is 0 Å². The van der Waals surface area contributed by atoms with Crippen LogP contribution in [0.3, 0.4) is 0 Å². The van der Waals surface area contributed by atoms with Crippen molar-refractivity contribution in [1.82, 2.24) is 24.1 Å². The molecule has 0 saturated heterocycles. The molecule has 0 aliphatic heterocycles. The summed E-state index contributed by atoms with van der Waals surface area (Å²) in [6.45, 7) is 0. The van der Waals surface area contributed by atoms with Gasteiger partial charge in [-0.15, -0.1) is 0 Å². The van der Waals surface area contributed by atoms with Crippen molar-refractivity contribution in [3.63, 3.8) is 0 Å². The smallest absolute Gasteiger partial charge is 0.159 e. The molecule has 4 aromatic heterocycles. The van der Waals surface area contributed by atoms with Crippen LogP contribution in [0, 0.1) is 0 Å². The van der Waals surface area contributed by atoms with Crippen LogP contribution in [0.4, 0.5) is 0 Å². The summed E-state index contributed by atoms with van der Waals surface area (Å²) >= 11 is 0. The molecule has 6 aromatic carbocycles. The van der Waals surface area contributed by atoms with Crippen molar-refractivity contribution in [2.75, 3.05) is 0 Å². The molecule has 5 nitrogen and oxygen atoms in total. The second kappa shape index (κ2) is 11.4. The summed E-state index contributed by atoms with van der Waals surface area (Å²) in [5.41, 5.74) is 11.5. The van der Waals surface area contributed by atoms with Crippen LogP contribution in [0.2, 0.25) is 0 Å². The maximum atomic E-state index is 5.25. The monoisotopic (exact) mass is 639 g/mol. The predicted molar refractivity (Wildman–Crippen MR) is 205 cm³/mol. The number of hydrogen-bond donors (Lipinski definition) is 0. The Morgan fingerprint density at radius 2 is 1.12 bits per heavy atom. The molecule has 4 heterocycles. The fourth-order valence-electron chi connectivity index (χ4n) is 7.43. The van der Waals surface area contributed by atoms with Gasteiger partial charge in [0.1, 0.15) is 5.65 Å². The Morgan fingerprint density at radius 3 is 1.94 bits per heavy atom. The molecule has 0 amide bonds. The van der Waals surface area contributed by atoms with Gasteiger partial charge < -0.3 is 4.57 Å². The second-order valence-corrected chi connectivity index (χ2v) is 12.5. The van der Waals surface area contributed by atoms with Gasteiger partial charge in [-0.25, -0.2) is 15.0 Å². The van der Waals surface area contributed by atoms with Gasteiger partial charge in [0.05, 0.1) is 34.1 Å². The minimum atomic E-state index is 0.697. The van der Waals surface area contributed by atoms with Crippen LogP contribution in [0.15, 0.2) is 176 Å². The van der Waals surface area contributed by atoms with Gasteiger partial charge in [-0.3, -0.25) is 4.57 Å². The SMILES string of the molecule is c1ccc(-c2ncc(-n3c4ccccc4c4cccc(-c5ccc6c(c5)c5cccnc5n6-c5ccccc5)c43)c(-c3ccccc3)n2)cc1. The fraction of sp³-hybridized carbons (Fsp3) is 0. The molecule has 0 bridgehead atoms. The average molecular weight is 640 g/mol. The molecule has 0 N–H and O–H groups in total. The van der Waals surface area contributed by atoms with Gasteiger partial charge in [0.2, 0.25) is 0 Å². The zero-order valence-corrected chi connectivity index (χ0v) is 27.0. The number of rotatable bonds is 5. The first-order valence-corrected chi connectivity index (χ1v) is 16.8. The molecule has 10 aromatic rings. The normalized spacial score (nSPS) is 11.6. The lowest BCUT2D eigenvalue weighted by atomic mass is 10.00. The number of pyridine rings is 1. The van der Waals surface area contributed by atoms with E-state index in [2.05, 4.69) is 137 Å². The minimum Gasteiger partial charge on any atom is -0.305 e. The summed E-state index contributed by atoms with van der Waals surface area (Å²) in [6.07, 6.45) is 3.86. The van der Waals surface area contributed by atoms with Crippen molar-refractivity contribution in [2.24, 2.45) is 0 Å². The standard InChI is InChI=1S/C45H29N5/c1-4-14-30(15-5-1)42-41(29-47-44(48-42)31-16-6-2-7-17-31)50-39-24-11-10-20-35(39)36-22-12-21-34(43(36)50)32-25-26-40-38(28-32)37-23-13-27-46-45(37)49(40)33-18-8-3-9-19-33/h1-29H. The maximum absolute atomic E-state index is 5.25. The number of hydrogen-bond acceptors (Lipinski definition) is 3. The highest BCUT2D eigenvalue weighted by molar-refractivity contribution is 6.15. The van der Waals surface area contributed by atoms with E-state index in [9.17, 15) is 0 Å². The average Bonchev–Trinajstić information content (AvgIpc) is 3.71. The van der Waals surface area contributed by atoms with E-state index in [0.717, 1.165) is 72.3 Å². The van der Waals surface area contributed by atoms with E-state index >= 15 is 0 Å². The molecule has 0 atom stereocenters. The number of para-hydroxylation sites is 3. The van der Waals surface area contributed by atoms with E-state index in [1.807, 2.05) is 48.8 Å². The van der Waals surface area contributed by atoms with Gasteiger partial charge in [0, 0.05) is 50.1 Å². The predicted octanol–water partition coefficient (Wildman–Crippen LogP) is 11.1. The molecule has 0 radical (unpaired) electrons. The molecule has 0 aliphatic carbocycles. The Kier molecular flexibility index (Phi) is 6.42. The summed E-state index contributed by atoms with van der Waals surface area (Å²) in [5, 5.41) is 4.64. The molecule has 5 heteroatoms. The van der Waals surface area contributed by atoms with Crippen LogP contribution < -0.4 is 0 Å². The number of nitrogens with zero attached hydrogens (tertiary/aromatic N) is 5. The molecule has 234 valence electrons. The van der Waals surface area contributed by atoms with Gasteiger partial charge in [-0.2, -0.15) is 0 Å². The molecule has 10 rings (SSSR count). The van der Waals surface area contributed by atoms with E-state index in [-0.39, 0.29) is 0 Å². The van der Waals surface area contributed by atoms with E-state index < -0.39 is 0 Å². The van der Waals surface area contributed by atoms with Crippen molar-refractivity contribution in [1.29, 1.82) is 0 Å². The van der Waals surface area contributed by atoms with Crippen LogP contribution in [0.25, 0.3) is 88.9 Å². The zero-order chi connectivity index (χ0) is 33.0. The van der Waals surface area contributed by atoms with Crippen LogP contribution >= 0.6 is 0 Å². The molecule has 0 saturated carbocycles. The lowest BCUT2D eigenvalue weighted by molar-refractivity contribution is 1.09. The summed E-state index contributed by atoms with van der Waals surface area (Å²) in [5.74, 6) is 0.697. The van der Waals surface area contributed by atoms with Gasteiger partial charge in [0.25, 0.3) is 0 Å². The highest BCUT2D eigenvalue weighted by Gasteiger charge is 2.22. The lowest BCUT2D eigenvalue weighted by Crippen LogP contribution is -2.03. The van der Waals surface area contributed by atoms with E-state index in [1.165, 1.54) is 10.8 Å². The highest BCUT2D eigenvalue weighted by Crippen LogP contribution is 2.42. The number of benzene rings is 6. The number of fused-ring (bicyclic) bond motifs is 6. The van der Waals surface area contributed by atoms with Crippen LogP contribution in [0.5, 0.6) is 0 Å². The first-order valence-electron chi connectivity index (χ1n) is 16.8. The Labute approximate surface area is 288 Å². The van der Waals surface area contributed by atoms with Crippen molar-refractivity contribution < 1.29 is 0 Å². The summed E-state index contributed by atoms with van der Waals surface area (Å²) < 4.78 is 4.61. The zero-order valence-electron chi connectivity index (χ0n) is 27.0. The van der Waals surface area contributed by atoms with Crippen LogP contribution in [-0.4, -0.2) is 24.1 Å². The largest absolute Gasteiger partial charge is 0.305 e. The quantitative estimate of drug-likeness (QED) is 0.188. The third-order valence-electron chi connectivity index (χ3n) is 9.64. The molecule has 0 fully saturated rings. The van der Waals surface area contributed by atoms with Gasteiger partial charge in [0.15, 0.2) is 5.82 Å². The van der Waals surface area contributed by atoms with Crippen molar-refractivity contribution in [3.8, 4) is 45.1 Å². The summed E-state index contributed by atoms with van der Waals surface area (Å²) in [7, 11) is 0. The topological polar surface area (TPSA) is 48.5 Å². The molecule has 50 heavy (non-hydrogen) atoms. The lowest BCUT2D eigenvalue weighted by Gasteiger charge is -2.16. The summed E-state index contributed by atoms with van der Waals surface area (Å²) in [4.78, 5) is 15.1. The molecular weight excluding hydrogens is 611 g/mol. The molecule has 0 aliphatic rings. The molecular formula is C45H29N5. The minimum absolute atomic E-state index is 0.697. The first kappa shape index (κ1) is 28.2. The fourth-order valence-corrected chi connectivity index (χ4v) is 7.43. The molecule has 0 spiro atoms. The van der Waals surface area contributed by atoms with Gasteiger partial charge >= 0.3 is 0 Å². The second-order valence-electron chi connectivity index (χ2n) is 12.5. The van der Waals surface area contributed by atoms with E-state index in [4.69, 9.17) is 15.0 Å². The summed E-state index contributed by atoms with van der Waals surface area (Å²) in [6, 6.07) is 57.3. The van der Waals surface area contributed by atoms with Crippen molar-refractivity contribution >= 4 is 43.7 Å². The maximum Gasteiger partial charge on any atom is 0.159 e. The van der Waals surface area contributed by atoms with Crippen LogP contribution in [-0.2, 0) is 0 Å². The highest BCUT2D eigenvalue weighted by atomic mass is 15.1. The molecule has 0 unspecified atom stereocenters. The van der Waals surface area contributed by atoms with Gasteiger partial charge in [-0.1, -0.05) is 121 Å². The Bertz CT molecular complexity index is 2850. The van der Waals surface area contributed by atoms with Crippen LogP contribution in [0.1, 0.15) is 0 Å². The first-order chi connectivity index (χ1) is 24.8. The van der Waals surface area contributed by atoms with E-state index in [0.29, 0.717) is 5.82 Å². The number of aromatic nitrogens is 5. The third-order valence-corrected chi connectivity index (χ3v) is 9.64. The Morgan fingerprint density at radius 1 is 0.440 bits per heavy atom. The Balaban J connectivity index is 1.27.